The van der Waals surface area contributed by atoms with Crippen molar-refractivity contribution in [1.29, 1.82) is 0 Å². The van der Waals surface area contributed by atoms with Crippen molar-refractivity contribution in [3.05, 3.63) is 58.4 Å². The zero-order valence-corrected chi connectivity index (χ0v) is 17.1. The van der Waals surface area contributed by atoms with Crippen molar-refractivity contribution in [2.24, 2.45) is 27.8 Å². The fourth-order valence-corrected chi connectivity index (χ4v) is 5.12. The summed E-state index contributed by atoms with van der Waals surface area (Å²) in [7, 11) is 0. The van der Waals surface area contributed by atoms with Gasteiger partial charge in [-0.1, -0.05) is 44.2 Å². The number of amidine groups is 1. The number of allylic oxidation sites excluding steroid dienone is 3. The standard InChI is InChI=1S/C23H27F2N3O/c1-21(2)11-15-17(16(29)12-21)22(3,14-7-5-4-6-8-14)18(20(27)28-15)19(26)13-9-23(24,25)10-13/h4-8,13H,9-12,26H2,1-3H3,(H2,27,28)/b19-18+/t22-/m1/s1. The van der Waals surface area contributed by atoms with Crippen LogP contribution in [0.15, 0.2) is 57.9 Å². The van der Waals surface area contributed by atoms with Crippen LogP contribution in [0.1, 0.15) is 52.0 Å². The van der Waals surface area contributed by atoms with E-state index < -0.39 is 17.3 Å². The van der Waals surface area contributed by atoms with Crippen LogP contribution in [0.2, 0.25) is 0 Å². The highest BCUT2D eigenvalue weighted by atomic mass is 19.3. The van der Waals surface area contributed by atoms with Crippen molar-refractivity contribution in [2.45, 2.75) is 57.8 Å². The van der Waals surface area contributed by atoms with Gasteiger partial charge in [-0.05, 0) is 24.3 Å². The van der Waals surface area contributed by atoms with E-state index in [9.17, 15) is 13.6 Å². The molecule has 4 rings (SSSR count). The van der Waals surface area contributed by atoms with Gasteiger partial charge in [-0.15, -0.1) is 0 Å². The van der Waals surface area contributed by atoms with Crippen molar-refractivity contribution in [3.63, 3.8) is 0 Å². The normalized spacial score (nSPS) is 30.4. The van der Waals surface area contributed by atoms with Gasteiger partial charge in [0.25, 0.3) is 0 Å². The van der Waals surface area contributed by atoms with Crippen LogP contribution in [-0.4, -0.2) is 17.5 Å². The van der Waals surface area contributed by atoms with Gasteiger partial charge in [-0.25, -0.2) is 13.8 Å². The number of ketones is 1. The summed E-state index contributed by atoms with van der Waals surface area (Å²) in [4.78, 5) is 17.9. The Morgan fingerprint density at radius 1 is 1.10 bits per heavy atom. The Labute approximate surface area is 169 Å². The molecule has 0 amide bonds. The Morgan fingerprint density at radius 3 is 2.31 bits per heavy atom. The number of Topliss-reactive ketones (excluding diaryl/α,β-unsaturated/α-hetero) is 1. The molecule has 1 saturated carbocycles. The summed E-state index contributed by atoms with van der Waals surface area (Å²) in [5, 5.41) is 0. The van der Waals surface area contributed by atoms with E-state index in [4.69, 9.17) is 11.5 Å². The third-order valence-electron chi connectivity index (χ3n) is 6.53. The SMILES string of the molecule is CC1(C)CC(=O)C2=C(C1)N=C(N)/C(=C(\N)C1CC(F)(F)C1)[C@]2(C)c1ccccc1. The Balaban J connectivity index is 1.95. The number of aliphatic imine (C=N–C) groups is 1. The summed E-state index contributed by atoms with van der Waals surface area (Å²) in [6.07, 6.45) is 0.435. The van der Waals surface area contributed by atoms with E-state index >= 15 is 0 Å². The maximum atomic E-state index is 13.5. The van der Waals surface area contributed by atoms with Crippen LogP contribution in [0.25, 0.3) is 0 Å². The molecular formula is C23H27F2N3O. The van der Waals surface area contributed by atoms with Gasteiger partial charge >= 0.3 is 0 Å². The molecule has 29 heavy (non-hydrogen) atoms. The lowest BCUT2D eigenvalue weighted by atomic mass is 9.60. The fourth-order valence-electron chi connectivity index (χ4n) is 5.12. The molecule has 3 aliphatic rings. The lowest BCUT2D eigenvalue weighted by molar-refractivity contribution is -0.118. The van der Waals surface area contributed by atoms with E-state index in [1.165, 1.54) is 0 Å². The molecule has 154 valence electrons. The highest BCUT2D eigenvalue weighted by Crippen LogP contribution is 2.53. The molecule has 0 radical (unpaired) electrons. The number of halogens is 2. The van der Waals surface area contributed by atoms with Crippen LogP contribution >= 0.6 is 0 Å². The molecule has 0 bridgehead atoms. The van der Waals surface area contributed by atoms with Crippen LogP contribution in [0, 0.1) is 11.3 Å². The second-order valence-electron chi connectivity index (χ2n) is 9.54. The summed E-state index contributed by atoms with van der Waals surface area (Å²) < 4.78 is 27.1. The second kappa shape index (κ2) is 6.25. The number of hydrogen-bond donors (Lipinski definition) is 2. The summed E-state index contributed by atoms with van der Waals surface area (Å²) in [5.41, 5.74) is 14.7. The van der Waals surface area contributed by atoms with Gasteiger partial charge in [0, 0.05) is 42.0 Å². The number of carbonyl (C=O) groups excluding carboxylic acids is 1. The molecular weight excluding hydrogens is 372 g/mol. The number of rotatable bonds is 2. The van der Waals surface area contributed by atoms with Gasteiger partial charge in [0.05, 0.1) is 11.1 Å². The minimum atomic E-state index is -2.70. The molecule has 4 N–H and O–H groups in total. The maximum Gasteiger partial charge on any atom is 0.249 e. The first-order valence-corrected chi connectivity index (χ1v) is 9.99. The summed E-state index contributed by atoms with van der Waals surface area (Å²) in [6.45, 7) is 6.00. The van der Waals surface area contributed by atoms with Gasteiger partial charge in [0.1, 0.15) is 5.84 Å². The van der Waals surface area contributed by atoms with Crippen LogP contribution in [0.4, 0.5) is 8.78 Å². The number of nitrogens with two attached hydrogens (primary N) is 2. The zero-order chi connectivity index (χ0) is 21.2. The molecule has 1 aromatic carbocycles. The van der Waals surface area contributed by atoms with Gasteiger partial charge in [0.15, 0.2) is 5.78 Å². The Hall–Kier alpha value is -2.50. The third kappa shape index (κ3) is 3.09. The van der Waals surface area contributed by atoms with E-state index in [1.54, 1.807) is 0 Å². The maximum absolute atomic E-state index is 13.5. The minimum Gasteiger partial charge on any atom is -0.401 e. The summed E-state index contributed by atoms with van der Waals surface area (Å²) in [6, 6.07) is 9.54. The van der Waals surface area contributed by atoms with Crippen molar-refractivity contribution in [1.82, 2.24) is 0 Å². The van der Waals surface area contributed by atoms with Gasteiger partial charge in [-0.3, -0.25) is 4.79 Å². The number of hydrogen-bond acceptors (Lipinski definition) is 4. The van der Waals surface area contributed by atoms with Crippen molar-refractivity contribution < 1.29 is 13.6 Å². The van der Waals surface area contributed by atoms with E-state index in [1.807, 2.05) is 51.1 Å². The highest BCUT2D eigenvalue weighted by molar-refractivity contribution is 6.10. The van der Waals surface area contributed by atoms with Crippen molar-refractivity contribution >= 4 is 11.6 Å². The molecule has 1 aliphatic heterocycles. The fraction of sp³-hybridized carbons (Fsp3) is 0.478. The third-order valence-corrected chi connectivity index (χ3v) is 6.53. The van der Waals surface area contributed by atoms with E-state index in [0.29, 0.717) is 35.4 Å². The number of nitrogens with zero attached hydrogens (tertiary/aromatic N) is 1. The summed E-state index contributed by atoms with van der Waals surface area (Å²) >= 11 is 0. The van der Waals surface area contributed by atoms with Crippen molar-refractivity contribution in [3.8, 4) is 0 Å². The lowest BCUT2D eigenvalue weighted by Gasteiger charge is -2.45. The molecule has 0 aromatic heterocycles. The molecule has 1 heterocycles. The Bertz CT molecular complexity index is 967. The first kappa shape index (κ1) is 19.8. The predicted molar refractivity (Wildman–Crippen MR) is 109 cm³/mol. The number of benzene rings is 1. The Morgan fingerprint density at radius 2 is 1.72 bits per heavy atom. The smallest absolute Gasteiger partial charge is 0.249 e. The average Bonchev–Trinajstić information content (AvgIpc) is 2.58. The molecule has 1 atom stereocenters. The van der Waals surface area contributed by atoms with Gasteiger partial charge in [-0.2, -0.15) is 0 Å². The monoisotopic (exact) mass is 399 g/mol. The second-order valence-corrected chi connectivity index (χ2v) is 9.54. The quantitative estimate of drug-likeness (QED) is 0.781. The molecule has 1 aromatic rings. The first-order chi connectivity index (χ1) is 13.4. The molecule has 0 saturated heterocycles. The van der Waals surface area contributed by atoms with Crippen molar-refractivity contribution in [2.75, 3.05) is 0 Å². The number of alkyl halides is 2. The van der Waals surface area contributed by atoms with Gasteiger partial charge < -0.3 is 11.5 Å². The van der Waals surface area contributed by atoms with Crippen LogP contribution < -0.4 is 11.5 Å². The van der Waals surface area contributed by atoms with Gasteiger partial charge in [0.2, 0.25) is 5.92 Å². The molecule has 6 heteroatoms. The van der Waals surface area contributed by atoms with Crippen LogP contribution in [-0.2, 0) is 10.2 Å². The molecule has 1 fully saturated rings. The van der Waals surface area contributed by atoms with E-state index in [-0.39, 0.29) is 29.9 Å². The Kier molecular flexibility index (Phi) is 4.27. The minimum absolute atomic E-state index is 0.0168. The molecule has 0 spiro atoms. The first-order valence-electron chi connectivity index (χ1n) is 9.99. The lowest BCUT2D eigenvalue weighted by Crippen LogP contribution is -2.48. The predicted octanol–water partition coefficient (Wildman–Crippen LogP) is 4.22. The molecule has 4 nitrogen and oxygen atoms in total. The number of carbonyl (C=O) groups is 1. The van der Waals surface area contributed by atoms with Crippen LogP contribution in [0.3, 0.4) is 0 Å². The van der Waals surface area contributed by atoms with E-state index in [0.717, 1.165) is 5.56 Å². The topological polar surface area (TPSA) is 81.5 Å². The molecule has 0 unspecified atom stereocenters. The van der Waals surface area contributed by atoms with Crippen LogP contribution in [0.5, 0.6) is 0 Å². The summed E-state index contributed by atoms with van der Waals surface area (Å²) in [5.74, 6) is -2.92. The largest absolute Gasteiger partial charge is 0.401 e. The zero-order valence-electron chi connectivity index (χ0n) is 17.1. The van der Waals surface area contributed by atoms with E-state index in [2.05, 4.69) is 4.99 Å². The average molecular weight is 399 g/mol. The highest BCUT2D eigenvalue weighted by Gasteiger charge is 2.52. The molecule has 2 aliphatic carbocycles.